The molecule has 0 saturated carbocycles. The van der Waals surface area contributed by atoms with Crippen LogP contribution in [0.25, 0.3) is 0 Å². The summed E-state index contributed by atoms with van der Waals surface area (Å²) in [6.45, 7) is 9.71. The molecule has 1 N–H and O–H groups in total. The molecule has 4 heteroatoms. The Morgan fingerprint density at radius 1 is 1.09 bits per heavy atom. The number of esters is 1. The summed E-state index contributed by atoms with van der Waals surface area (Å²) in [5.74, 6) is -0.495. The lowest BCUT2D eigenvalue weighted by Crippen LogP contribution is -2.32. The third-order valence-electron chi connectivity index (χ3n) is 3.65. The lowest BCUT2D eigenvalue weighted by molar-refractivity contribution is -0.138. The number of methoxy groups -OCH3 is 1. The number of hydrogen-bond acceptors (Lipinski definition) is 3. The topological polar surface area (TPSA) is 55.4 Å². The standard InChI is InChI=1S/C19H27NO3/c1-12(2)11-15-7-9-16(10-8-15)14(5)18(21)20-17(13(3)4)19(22)23-6/h7-10,12,14H,11H2,1-6H3,(H,20,21). The molecule has 0 radical (unpaired) electrons. The highest BCUT2D eigenvalue weighted by molar-refractivity contribution is 5.96. The Kier molecular flexibility index (Phi) is 7.01. The van der Waals surface area contributed by atoms with Crippen LogP contribution in [0.1, 0.15) is 51.7 Å². The summed E-state index contributed by atoms with van der Waals surface area (Å²) in [6, 6.07) is 8.06. The molecule has 4 nitrogen and oxygen atoms in total. The average molecular weight is 317 g/mol. The predicted octanol–water partition coefficient (Wildman–Crippen LogP) is 3.57. The first kappa shape index (κ1) is 18.9. The van der Waals surface area contributed by atoms with Gasteiger partial charge in [-0.3, -0.25) is 4.79 Å². The Hall–Kier alpha value is -2.10. The fraction of sp³-hybridized carbons (Fsp3) is 0.474. The molecule has 1 atom stereocenters. The highest BCUT2D eigenvalue weighted by Crippen LogP contribution is 2.18. The Balaban J connectivity index is 2.84. The number of carbonyl (C=O) groups excluding carboxylic acids is 2. The molecule has 1 amide bonds. The van der Waals surface area contributed by atoms with Crippen molar-refractivity contribution in [1.82, 2.24) is 5.32 Å². The maximum absolute atomic E-state index is 12.4. The summed E-state index contributed by atoms with van der Waals surface area (Å²) in [6.07, 6.45) is 1.02. The van der Waals surface area contributed by atoms with Crippen molar-refractivity contribution in [3.63, 3.8) is 0 Å². The monoisotopic (exact) mass is 317 g/mol. The van der Waals surface area contributed by atoms with Gasteiger partial charge in [-0.1, -0.05) is 38.1 Å². The third kappa shape index (κ3) is 5.55. The van der Waals surface area contributed by atoms with Gasteiger partial charge in [0.1, 0.15) is 5.70 Å². The van der Waals surface area contributed by atoms with Crippen LogP contribution in [-0.2, 0) is 20.7 Å². The van der Waals surface area contributed by atoms with Crippen LogP contribution in [0.5, 0.6) is 0 Å². The van der Waals surface area contributed by atoms with Gasteiger partial charge in [0.25, 0.3) is 0 Å². The van der Waals surface area contributed by atoms with Crippen LogP contribution in [0, 0.1) is 5.92 Å². The number of rotatable bonds is 6. The Morgan fingerprint density at radius 2 is 1.65 bits per heavy atom. The Bertz CT molecular complexity index is 581. The summed E-state index contributed by atoms with van der Waals surface area (Å²) in [5, 5.41) is 2.68. The molecule has 0 aliphatic carbocycles. The minimum absolute atomic E-state index is 0.209. The maximum Gasteiger partial charge on any atom is 0.354 e. The lowest BCUT2D eigenvalue weighted by Gasteiger charge is -2.15. The van der Waals surface area contributed by atoms with Crippen LogP contribution in [0.2, 0.25) is 0 Å². The fourth-order valence-corrected chi connectivity index (χ4v) is 2.28. The van der Waals surface area contributed by atoms with Crippen LogP contribution >= 0.6 is 0 Å². The number of ether oxygens (including phenoxy) is 1. The molecule has 0 heterocycles. The number of hydrogen-bond donors (Lipinski definition) is 1. The molecule has 23 heavy (non-hydrogen) atoms. The van der Waals surface area contributed by atoms with Gasteiger partial charge in [-0.05, 0) is 49.8 Å². The molecule has 0 aromatic heterocycles. The van der Waals surface area contributed by atoms with E-state index in [0.29, 0.717) is 11.5 Å². The molecule has 1 unspecified atom stereocenters. The quantitative estimate of drug-likeness (QED) is 0.644. The summed E-state index contributed by atoms with van der Waals surface area (Å²) < 4.78 is 4.70. The van der Waals surface area contributed by atoms with E-state index in [1.807, 2.05) is 19.1 Å². The first-order chi connectivity index (χ1) is 10.8. The molecular weight excluding hydrogens is 290 g/mol. The van der Waals surface area contributed by atoms with Crippen LogP contribution in [0.3, 0.4) is 0 Å². The Morgan fingerprint density at radius 3 is 2.09 bits per heavy atom. The van der Waals surface area contributed by atoms with Gasteiger partial charge in [-0.25, -0.2) is 4.79 Å². The van der Waals surface area contributed by atoms with E-state index in [2.05, 4.69) is 31.3 Å². The van der Waals surface area contributed by atoms with Gasteiger partial charge in [-0.2, -0.15) is 0 Å². The van der Waals surface area contributed by atoms with Crippen LogP contribution in [0.15, 0.2) is 35.5 Å². The minimum Gasteiger partial charge on any atom is -0.464 e. The molecule has 1 aromatic carbocycles. The molecule has 0 bridgehead atoms. The molecule has 0 saturated heterocycles. The average Bonchev–Trinajstić information content (AvgIpc) is 2.50. The van der Waals surface area contributed by atoms with Crippen molar-refractivity contribution in [2.75, 3.05) is 7.11 Å². The maximum atomic E-state index is 12.4. The van der Waals surface area contributed by atoms with Gasteiger partial charge < -0.3 is 10.1 Å². The van der Waals surface area contributed by atoms with Crippen molar-refractivity contribution in [1.29, 1.82) is 0 Å². The molecule has 126 valence electrons. The minimum atomic E-state index is -0.530. The van der Waals surface area contributed by atoms with E-state index in [1.165, 1.54) is 12.7 Å². The predicted molar refractivity (Wildman–Crippen MR) is 91.9 cm³/mol. The van der Waals surface area contributed by atoms with Crippen molar-refractivity contribution in [2.45, 2.75) is 47.0 Å². The van der Waals surface area contributed by atoms with Crippen molar-refractivity contribution in [3.05, 3.63) is 46.7 Å². The molecule has 1 aromatic rings. The lowest BCUT2D eigenvalue weighted by atomic mass is 9.96. The van der Waals surface area contributed by atoms with Crippen LogP contribution in [0.4, 0.5) is 0 Å². The fourth-order valence-electron chi connectivity index (χ4n) is 2.28. The van der Waals surface area contributed by atoms with Crippen molar-refractivity contribution >= 4 is 11.9 Å². The molecule has 0 aliphatic heterocycles. The number of allylic oxidation sites excluding steroid dienone is 1. The first-order valence-corrected chi connectivity index (χ1v) is 7.91. The molecular formula is C19H27NO3. The van der Waals surface area contributed by atoms with Crippen LogP contribution < -0.4 is 5.32 Å². The van der Waals surface area contributed by atoms with Gasteiger partial charge in [0.05, 0.1) is 13.0 Å². The van der Waals surface area contributed by atoms with E-state index >= 15 is 0 Å². The van der Waals surface area contributed by atoms with Crippen molar-refractivity contribution < 1.29 is 14.3 Å². The SMILES string of the molecule is COC(=O)C(NC(=O)C(C)c1ccc(CC(C)C)cc1)=C(C)C. The molecule has 0 spiro atoms. The largest absolute Gasteiger partial charge is 0.464 e. The van der Waals surface area contributed by atoms with Gasteiger partial charge in [-0.15, -0.1) is 0 Å². The second-order valence-electron chi connectivity index (χ2n) is 6.42. The molecule has 0 aliphatic rings. The second kappa shape index (κ2) is 8.51. The molecule has 1 rings (SSSR count). The van der Waals surface area contributed by atoms with Gasteiger partial charge in [0.15, 0.2) is 0 Å². The number of benzene rings is 1. The zero-order chi connectivity index (χ0) is 17.6. The summed E-state index contributed by atoms with van der Waals surface area (Å²) in [4.78, 5) is 24.1. The second-order valence-corrected chi connectivity index (χ2v) is 6.42. The van der Waals surface area contributed by atoms with Gasteiger partial charge in [0.2, 0.25) is 5.91 Å². The first-order valence-electron chi connectivity index (χ1n) is 7.91. The third-order valence-corrected chi connectivity index (χ3v) is 3.65. The summed E-state index contributed by atoms with van der Waals surface area (Å²) in [7, 11) is 1.30. The Labute approximate surface area is 138 Å². The number of carbonyl (C=O) groups is 2. The van der Waals surface area contributed by atoms with E-state index < -0.39 is 5.97 Å². The number of nitrogens with one attached hydrogen (secondary N) is 1. The van der Waals surface area contributed by atoms with E-state index in [-0.39, 0.29) is 17.5 Å². The zero-order valence-electron chi connectivity index (χ0n) is 14.9. The van der Waals surface area contributed by atoms with Crippen molar-refractivity contribution in [3.8, 4) is 0 Å². The van der Waals surface area contributed by atoms with E-state index in [9.17, 15) is 9.59 Å². The van der Waals surface area contributed by atoms with Crippen molar-refractivity contribution in [2.24, 2.45) is 5.92 Å². The summed E-state index contributed by atoms with van der Waals surface area (Å²) >= 11 is 0. The van der Waals surface area contributed by atoms with E-state index in [1.54, 1.807) is 13.8 Å². The van der Waals surface area contributed by atoms with E-state index in [0.717, 1.165) is 12.0 Å². The highest BCUT2D eigenvalue weighted by atomic mass is 16.5. The molecule has 0 fully saturated rings. The normalized spacial score (nSPS) is 11.8. The smallest absolute Gasteiger partial charge is 0.354 e. The summed E-state index contributed by atoms with van der Waals surface area (Å²) in [5.41, 5.74) is 3.11. The number of amides is 1. The highest BCUT2D eigenvalue weighted by Gasteiger charge is 2.20. The van der Waals surface area contributed by atoms with Gasteiger partial charge in [0, 0.05) is 0 Å². The van der Waals surface area contributed by atoms with E-state index in [4.69, 9.17) is 4.74 Å². The van der Waals surface area contributed by atoms with Gasteiger partial charge >= 0.3 is 5.97 Å². The zero-order valence-corrected chi connectivity index (χ0v) is 14.9. The van der Waals surface area contributed by atoms with Crippen LogP contribution in [-0.4, -0.2) is 19.0 Å².